The number of hydrogen-bond donors (Lipinski definition) is 1. The summed E-state index contributed by atoms with van der Waals surface area (Å²) in [5.74, 6) is -1.26. The number of pyridine rings is 1. The summed E-state index contributed by atoms with van der Waals surface area (Å²) in [4.78, 5) is 29.4. The average molecular weight is 403 g/mol. The molecule has 8 heteroatoms. The third-order valence-electron chi connectivity index (χ3n) is 5.75. The van der Waals surface area contributed by atoms with E-state index in [1.165, 1.54) is 12.3 Å². The monoisotopic (exact) mass is 403 g/mol. The number of likely N-dealkylation sites (N-methyl/N-ethyl adjacent to an activating group) is 1. The maximum atomic E-state index is 15.2. The molecule has 0 bridgehead atoms. The van der Waals surface area contributed by atoms with Crippen molar-refractivity contribution in [1.82, 2.24) is 9.47 Å². The maximum Gasteiger partial charge on any atom is 0.343 e. The Morgan fingerprint density at radius 1 is 1.28 bits per heavy atom. The van der Waals surface area contributed by atoms with Crippen molar-refractivity contribution in [2.24, 2.45) is 0 Å². The molecule has 0 spiro atoms. The number of aliphatic hydroxyl groups is 1. The second-order valence-electron chi connectivity index (χ2n) is 7.76. The molecular formula is C21H26FN3O4. The van der Waals surface area contributed by atoms with Gasteiger partial charge in [0, 0.05) is 49.4 Å². The molecular weight excluding hydrogens is 377 g/mol. The Balaban J connectivity index is 1.96. The van der Waals surface area contributed by atoms with Crippen LogP contribution in [0.1, 0.15) is 41.7 Å². The van der Waals surface area contributed by atoms with E-state index in [0.717, 1.165) is 25.9 Å². The van der Waals surface area contributed by atoms with Crippen LogP contribution in [-0.4, -0.2) is 60.4 Å². The number of hydrogen-bond acceptors (Lipinski definition) is 6. The number of anilines is 1. The molecule has 1 aromatic carbocycles. The second-order valence-corrected chi connectivity index (χ2v) is 7.76. The zero-order valence-corrected chi connectivity index (χ0v) is 16.8. The fraction of sp³-hybridized carbons (Fsp3) is 0.524. The molecule has 156 valence electrons. The van der Waals surface area contributed by atoms with Crippen molar-refractivity contribution >= 4 is 22.6 Å². The third-order valence-corrected chi connectivity index (χ3v) is 5.75. The van der Waals surface area contributed by atoms with E-state index in [0.29, 0.717) is 29.9 Å². The van der Waals surface area contributed by atoms with Crippen LogP contribution in [0.25, 0.3) is 10.9 Å². The van der Waals surface area contributed by atoms with Gasteiger partial charge in [-0.1, -0.05) is 0 Å². The van der Waals surface area contributed by atoms with Gasteiger partial charge in [0.15, 0.2) is 0 Å². The number of aromatic nitrogens is 1. The molecule has 4 rings (SSSR count). The molecule has 2 fully saturated rings. The molecule has 2 aromatic rings. The number of fused-ring (bicyclic) bond motifs is 1. The van der Waals surface area contributed by atoms with Crippen LogP contribution in [0.15, 0.2) is 17.1 Å². The summed E-state index contributed by atoms with van der Waals surface area (Å²) in [7, 11) is 2.02. The number of carbonyl (C=O) groups excluding carboxylic acids is 1. The summed E-state index contributed by atoms with van der Waals surface area (Å²) >= 11 is 0. The largest absolute Gasteiger partial charge is 0.462 e. The Morgan fingerprint density at radius 2 is 1.97 bits per heavy atom. The molecule has 1 aliphatic carbocycles. The lowest BCUT2D eigenvalue weighted by Gasteiger charge is -2.35. The van der Waals surface area contributed by atoms with Crippen LogP contribution in [-0.2, 0) is 11.3 Å². The molecule has 1 aliphatic heterocycles. The number of nitrogens with zero attached hydrogens (tertiary/aromatic N) is 3. The quantitative estimate of drug-likeness (QED) is 0.769. The first-order valence-electron chi connectivity index (χ1n) is 10.1. The van der Waals surface area contributed by atoms with Crippen molar-refractivity contribution in [1.29, 1.82) is 0 Å². The highest BCUT2D eigenvalue weighted by molar-refractivity contribution is 5.96. The summed E-state index contributed by atoms with van der Waals surface area (Å²) in [6.45, 7) is 4.30. The smallest absolute Gasteiger partial charge is 0.343 e. The number of piperazine rings is 1. The van der Waals surface area contributed by atoms with Crippen molar-refractivity contribution in [3.63, 3.8) is 0 Å². The van der Waals surface area contributed by atoms with Crippen LogP contribution in [0, 0.1) is 5.82 Å². The van der Waals surface area contributed by atoms with Crippen molar-refractivity contribution in [2.75, 3.05) is 44.7 Å². The molecule has 1 saturated carbocycles. The van der Waals surface area contributed by atoms with Crippen molar-refractivity contribution in [3.8, 4) is 0 Å². The predicted molar refractivity (Wildman–Crippen MR) is 108 cm³/mol. The molecule has 29 heavy (non-hydrogen) atoms. The summed E-state index contributed by atoms with van der Waals surface area (Å²) in [5, 5.41) is 10.3. The number of halogens is 1. The van der Waals surface area contributed by atoms with Crippen LogP contribution in [0.5, 0.6) is 0 Å². The van der Waals surface area contributed by atoms with Crippen LogP contribution in [0.2, 0.25) is 0 Å². The van der Waals surface area contributed by atoms with Gasteiger partial charge in [0.05, 0.1) is 24.4 Å². The summed E-state index contributed by atoms with van der Waals surface area (Å²) in [6, 6.07) is 1.34. The van der Waals surface area contributed by atoms with Gasteiger partial charge >= 0.3 is 5.97 Å². The van der Waals surface area contributed by atoms with Crippen molar-refractivity contribution in [3.05, 3.63) is 39.4 Å². The molecule has 1 aromatic heterocycles. The topological polar surface area (TPSA) is 75.0 Å². The van der Waals surface area contributed by atoms with E-state index in [4.69, 9.17) is 4.74 Å². The molecule has 0 amide bonds. The van der Waals surface area contributed by atoms with E-state index in [9.17, 15) is 14.7 Å². The van der Waals surface area contributed by atoms with Crippen LogP contribution in [0.4, 0.5) is 10.1 Å². The molecule has 7 nitrogen and oxygen atoms in total. The van der Waals surface area contributed by atoms with Gasteiger partial charge in [-0.25, -0.2) is 9.18 Å². The van der Waals surface area contributed by atoms with Gasteiger partial charge in [-0.3, -0.25) is 4.79 Å². The lowest BCUT2D eigenvalue weighted by atomic mass is 10.0. The van der Waals surface area contributed by atoms with Crippen LogP contribution < -0.4 is 10.3 Å². The zero-order valence-electron chi connectivity index (χ0n) is 16.8. The third kappa shape index (κ3) is 3.51. The van der Waals surface area contributed by atoms with Gasteiger partial charge < -0.3 is 24.2 Å². The Hall–Kier alpha value is -2.45. The van der Waals surface area contributed by atoms with Gasteiger partial charge in [0.2, 0.25) is 5.43 Å². The predicted octanol–water partition coefficient (Wildman–Crippen LogP) is 1.90. The average Bonchev–Trinajstić information content (AvgIpc) is 3.54. The summed E-state index contributed by atoms with van der Waals surface area (Å²) < 4.78 is 22.1. The lowest BCUT2D eigenvalue weighted by molar-refractivity contribution is 0.0524. The first kappa shape index (κ1) is 19.8. The van der Waals surface area contributed by atoms with E-state index < -0.39 is 17.2 Å². The fourth-order valence-electron chi connectivity index (χ4n) is 4.07. The number of ether oxygens (including phenoxy) is 1. The van der Waals surface area contributed by atoms with Crippen molar-refractivity contribution in [2.45, 2.75) is 32.4 Å². The SMILES string of the molecule is CCOC(=O)c1cn(C2CC2)c2c(CO)c(N3CCN(C)CC3)c(F)cc2c1=O. The Bertz CT molecular complexity index is 1010. The zero-order chi connectivity index (χ0) is 20.7. The van der Waals surface area contributed by atoms with Gasteiger partial charge in [-0.05, 0) is 32.9 Å². The molecule has 0 atom stereocenters. The fourth-order valence-corrected chi connectivity index (χ4v) is 4.07. The molecule has 2 aliphatic rings. The highest BCUT2D eigenvalue weighted by atomic mass is 19.1. The highest BCUT2D eigenvalue weighted by Gasteiger charge is 2.31. The molecule has 0 radical (unpaired) electrons. The minimum absolute atomic E-state index is 0.0955. The maximum absolute atomic E-state index is 15.2. The van der Waals surface area contributed by atoms with E-state index in [2.05, 4.69) is 4.90 Å². The van der Waals surface area contributed by atoms with E-state index in [1.807, 2.05) is 16.5 Å². The van der Waals surface area contributed by atoms with Crippen molar-refractivity contribution < 1.29 is 19.0 Å². The second kappa shape index (κ2) is 7.76. The number of rotatable bonds is 5. The lowest BCUT2D eigenvalue weighted by Crippen LogP contribution is -2.45. The van der Waals surface area contributed by atoms with E-state index >= 15 is 4.39 Å². The molecule has 1 N–H and O–H groups in total. The van der Waals surface area contributed by atoms with Crippen LogP contribution >= 0.6 is 0 Å². The van der Waals surface area contributed by atoms with Gasteiger partial charge in [-0.15, -0.1) is 0 Å². The van der Waals surface area contributed by atoms with Crippen LogP contribution in [0.3, 0.4) is 0 Å². The minimum atomic E-state index is -0.706. The number of benzene rings is 1. The van der Waals surface area contributed by atoms with Gasteiger partial charge in [0.25, 0.3) is 0 Å². The minimum Gasteiger partial charge on any atom is -0.462 e. The first-order chi connectivity index (χ1) is 14.0. The van der Waals surface area contributed by atoms with E-state index in [-0.39, 0.29) is 30.2 Å². The highest BCUT2D eigenvalue weighted by Crippen LogP contribution is 2.40. The van der Waals surface area contributed by atoms with Gasteiger partial charge in [-0.2, -0.15) is 0 Å². The Labute approximate surface area is 168 Å². The Morgan fingerprint density at radius 3 is 2.55 bits per heavy atom. The normalized spacial score (nSPS) is 17.7. The summed E-state index contributed by atoms with van der Waals surface area (Å²) in [5.41, 5.74) is 0.619. The number of aliphatic hydroxyl groups excluding tert-OH is 1. The number of carbonyl (C=O) groups is 1. The van der Waals surface area contributed by atoms with Gasteiger partial charge in [0.1, 0.15) is 11.4 Å². The summed E-state index contributed by atoms with van der Waals surface area (Å²) in [6.07, 6.45) is 3.34. The molecule has 2 heterocycles. The Kier molecular flexibility index (Phi) is 5.31. The standard InChI is InChI=1S/C21H26FN3O4/c1-3-29-21(28)15-11-25(13-4-5-13)18-14(20(15)27)10-17(22)19(16(18)12-26)24-8-6-23(2)7-9-24/h10-11,13,26H,3-9,12H2,1-2H3. The van der Waals surface area contributed by atoms with E-state index in [1.54, 1.807) is 6.92 Å². The molecule has 0 unspecified atom stereocenters. The number of esters is 1. The molecule has 1 saturated heterocycles. The first-order valence-corrected chi connectivity index (χ1v) is 10.1.